The molecule has 0 aliphatic carbocycles. The second-order valence-electron chi connectivity index (χ2n) is 3.79. The van der Waals surface area contributed by atoms with Crippen molar-refractivity contribution in [3.05, 3.63) is 28.2 Å². The van der Waals surface area contributed by atoms with Gasteiger partial charge < -0.3 is 10.0 Å². The summed E-state index contributed by atoms with van der Waals surface area (Å²) in [6.45, 7) is 0. The molecule has 0 unspecified atom stereocenters. The van der Waals surface area contributed by atoms with E-state index in [1.807, 2.05) is 19.0 Å². The van der Waals surface area contributed by atoms with E-state index in [1.54, 1.807) is 18.2 Å². The number of aromatic nitrogens is 2. The first kappa shape index (κ1) is 14.3. The minimum Gasteiger partial charge on any atom is -0.478 e. The number of halogens is 1. The molecule has 19 heavy (non-hydrogen) atoms. The maximum absolute atomic E-state index is 10.9. The molecule has 1 aromatic heterocycles. The van der Waals surface area contributed by atoms with Crippen LogP contribution >= 0.6 is 39.0 Å². The fourth-order valence-corrected chi connectivity index (χ4v) is 3.74. The molecule has 1 aromatic carbocycles. The number of benzene rings is 1. The molecular weight excluding hydrogens is 350 g/mol. The van der Waals surface area contributed by atoms with Gasteiger partial charge in [-0.25, -0.2) is 4.79 Å². The largest absolute Gasteiger partial charge is 0.478 e. The van der Waals surface area contributed by atoms with Crippen molar-refractivity contribution in [3.63, 3.8) is 0 Å². The molecule has 0 aliphatic heterocycles. The van der Waals surface area contributed by atoms with Crippen molar-refractivity contribution >= 4 is 50.1 Å². The maximum Gasteiger partial charge on any atom is 0.336 e. The van der Waals surface area contributed by atoms with Crippen LogP contribution in [0.15, 0.2) is 31.9 Å². The average molecular weight is 360 g/mol. The number of hydrogen-bond acceptors (Lipinski definition) is 6. The van der Waals surface area contributed by atoms with E-state index in [0.717, 1.165) is 14.4 Å². The normalized spacial score (nSPS) is 10.5. The van der Waals surface area contributed by atoms with Gasteiger partial charge in [-0.1, -0.05) is 23.1 Å². The molecule has 100 valence electrons. The number of hydrogen-bond donors (Lipinski definition) is 1. The molecule has 1 N–H and O–H groups in total. The van der Waals surface area contributed by atoms with Crippen LogP contribution in [0.3, 0.4) is 0 Å². The van der Waals surface area contributed by atoms with Gasteiger partial charge in [-0.3, -0.25) is 0 Å². The Bertz CT molecular complexity index is 616. The molecular formula is C11H10BrN3O2S2. The predicted octanol–water partition coefficient (Wildman–Crippen LogP) is 3.22. The summed E-state index contributed by atoms with van der Waals surface area (Å²) in [4.78, 5) is 13.7. The van der Waals surface area contributed by atoms with Gasteiger partial charge in [0.1, 0.15) is 0 Å². The van der Waals surface area contributed by atoms with Crippen molar-refractivity contribution in [1.29, 1.82) is 0 Å². The third-order valence-electron chi connectivity index (χ3n) is 2.15. The Morgan fingerprint density at radius 3 is 2.68 bits per heavy atom. The van der Waals surface area contributed by atoms with E-state index < -0.39 is 5.97 Å². The summed E-state index contributed by atoms with van der Waals surface area (Å²) in [5.74, 6) is -0.950. The zero-order chi connectivity index (χ0) is 14.0. The minimum absolute atomic E-state index is 0.246. The quantitative estimate of drug-likeness (QED) is 0.903. The van der Waals surface area contributed by atoms with Gasteiger partial charge in [-0.05, 0) is 34.1 Å². The van der Waals surface area contributed by atoms with Crippen molar-refractivity contribution in [2.45, 2.75) is 9.24 Å². The Labute approximate surface area is 126 Å². The average Bonchev–Trinajstić information content (AvgIpc) is 2.77. The third-order valence-corrected chi connectivity index (χ3v) is 4.94. The first-order valence-electron chi connectivity index (χ1n) is 5.19. The Balaban J connectivity index is 2.19. The molecule has 5 nitrogen and oxygen atoms in total. The lowest BCUT2D eigenvalue weighted by molar-refractivity contribution is 0.0696. The summed E-state index contributed by atoms with van der Waals surface area (Å²) in [5, 5.41) is 17.9. The molecule has 0 radical (unpaired) electrons. The van der Waals surface area contributed by atoms with Crippen molar-refractivity contribution in [2.24, 2.45) is 0 Å². The molecule has 0 spiro atoms. The fourth-order valence-electron chi connectivity index (χ4n) is 1.26. The van der Waals surface area contributed by atoms with E-state index >= 15 is 0 Å². The van der Waals surface area contributed by atoms with Crippen LogP contribution in [0.2, 0.25) is 0 Å². The summed E-state index contributed by atoms with van der Waals surface area (Å²) in [6.07, 6.45) is 0. The Morgan fingerprint density at radius 2 is 2.16 bits per heavy atom. The van der Waals surface area contributed by atoms with Crippen LogP contribution in [0.5, 0.6) is 0 Å². The van der Waals surface area contributed by atoms with Crippen LogP contribution in [0.1, 0.15) is 10.4 Å². The van der Waals surface area contributed by atoms with E-state index in [0.29, 0.717) is 4.47 Å². The Morgan fingerprint density at radius 1 is 1.42 bits per heavy atom. The zero-order valence-electron chi connectivity index (χ0n) is 10.1. The van der Waals surface area contributed by atoms with Gasteiger partial charge >= 0.3 is 5.97 Å². The maximum atomic E-state index is 10.9. The molecule has 0 saturated carbocycles. The minimum atomic E-state index is -0.950. The lowest BCUT2D eigenvalue weighted by Gasteiger charge is -2.04. The highest BCUT2D eigenvalue weighted by Gasteiger charge is 2.11. The van der Waals surface area contributed by atoms with Gasteiger partial charge in [-0.15, -0.1) is 10.2 Å². The van der Waals surface area contributed by atoms with Crippen molar-refractivity contribution in [2.75, 3.05) is 19.0 Å². The van der Waals surface area contributed by atoms with Gasteiger partial charge in [0.05, 0.1) is 5.56 Å². The summed E-state index contributed by atoms with van der Waals surface area (Å²) in [6, 6.07) is 5.10. The first-order valence-corrected chi connectivity index (χ1v) is 7.61. The number of nitrogens with zero attached hydrogens (tertiary/aromatic N) is 3. The smallest absolute Gasteiger partial charge is 0.336 e. The van der Waals surface area contributed by atoms with Crippen LogP contribution in [0.4, 0.5) is 5.13 Å². The highest BCUT2D eigenvalue weighted by atomic mass is 79.9. The summed E-state index contributed by atoms with van der Waals surface area (Å²) >= 11 is 6.20. The van der Waals surface area contributed by atoms with Crippen LogP contribution in [0.25, 0.3) is 0 Å². The summed E-state index contributed by atoms with van der Waals surface area (Å²) in [7, 11) is 3.82. The lowest BCUT2D eigenvalue weighted by Crippen LogP contribution is -2.07. The van der Waals surface area contributed by atoms with Gasteiger partial charge in [0.2, 0.25) is 5.13 Å². The number of rotatable bonds is 4. The highest BCUT2D eigenvalue weighted by molar-refractivity contribution is 9.10. The number of aromatic carboxylic acids is 1. The van der Waals surface area contributed by atoms with Gasteiger partial charge in [0.25, 0.3) is 0 Å². The molecule has 1 heterocycles. The number of anilines is 1. The van der Waals surface area contributed by atoms with E-state index in [1.165, 1.54) is 23.1 Å². The Hall–Kier alpha value is -1.12. The molecule has 0 amide bonds. The third kappa shape index (κ3) is 3.46. The molecule has 0 saturated heterocycles. The Kier molecular flexibility index (Phi) is 4.43. The molecule has 8 heteroatoms. The van der Waals surface area contributed by atoms with Crippen LogP contribution in [0, 0.1) is 0 Å². The lowest BCUT2D eigenvalue weighted by atomic mass is 10.2. The SMILES string of the molecule is CN(C)c1nnc(Sc2ccc(C(=O)O)c(Br)c2)s1. The van der Waals surface area contributed by atoms with Gasteiger partial charge in [0, 0.05) is 23.5 Å². The summed E-state index contributed by atoms with van der Waals surface area (Å²) in [5.41, 5.74) is 0.246. The zero-order valence-corrected chi connectivity index (χ0v) is 13.3. The topological polar surface area (TPSA) is 66.3 Å². The van der Waals surface area contributed by atoms with E-state index in [4.69, 9.17) is 5.11 Å². The molecule has 0 bridgehead atoms. The second-order valence-corrected chi connectivity index (χ2v) is 6.92. The molecule has 0 aliphatic rings. The van der Waals surface area contributed by atoms with Crippen LogP contribution in [-0.4, -0.2) is 35.4 Å². The number of carboxylic acid groups (broad SMARTS) is 1. The number of carboxylic acids is 1. The van der Waals surface area contributed by atoms with E-state index in [-0.39, 0.29) is 5.56 Å². The number of carbonyl (C=O) groups is 1. The standard InChI is InChI=1S/C11H10BrN3O2S2/c1-15(2)10-13-14-11(19-10)18-6-3-4-7(9(16)17)8(12)5-6/h3-5H,1-2H3,(H,16,17). The van der Waals surface area contributed by atoms with Gasteiger partial charge in [-0.2, -0.15) is 0 Å². The molecule has 0 atom stereocenters. The van der Waals surface area contributed by atoms with Crippen LogP contribution in [-0.2, 0) is 0 Å². The van der Waals surface area contributed by atoms with Crippen molar-refractivity contribution < 1.29 is 9.90 Å². The fraction of sp³-hybridized carbons (Fsp3) is 0.182. The van der Waals surface area contributed by atoms with Crippen molar-refractivity contribution in [3.8, 4) is 0 Å². The van der Waals surface area contributed by atoms with Crippen LogP contribution < -0.4 is 4.90 Å². The monoisotopic (exact) mass is 359 g/mol. The van der Waals surface area contributed by atoms with E-state index in [9.17, 15) is 4.79 Å². The molecule has 2 rings (SSSR count). The highest BCUT2D eigenvalue weighted by Crippen LogP contribution is 2.34. The van der Waals surface area contributed by atoms with Crippen molar-refractivity contribution in [1.82, 2.24) is 10.2 Å². The molecule has 2 aromatic rings. The first-order chi connectivity index (χ1) is 8.97. The predicted molar refractivity (Wildman–Crippen MR) is 79.5 cm³/mol. The molecule has 0 fully saturated rings. The van der Waals surface area contributed by atoms with E-state index in [2.05, 4.69) is 26.1 Å². The van der Waals surface area contributed by atoms with Gasteiger partial charge in [0.15, 0.2) is 4.34 Å². The summed E-state index contributed by atoms with van der Waals surface area (Å²) < 4.78 is 1.38. The second kappa shape index (κ2) is 5.89.